The van der Waals surface area contributed by atoms with Crippen LogP contribution in [0.3, 0.4) is 0 Å². The molecule has 0 saturated heterocycles. The predicted molar refractivity (Wildman–Crippen MR) is 57.3 cm³/mol. The topological polar surface area (TPSA) is 95.2 Å². The van der Waals surface area contributed by atoms with Crippen LogP contribution in [0.2, 0.25) is 0 Å². The van der Waals surface area contributed by atoms with Crippen molar-refractivity contribution in [3.63, 3.8) is 0 Å². The van der Waals surface area contributed by atoms with Crippen LogP contribution >= 0.6 is 11.3 Å². The van der Waals surface area contributed by atoms with Crippen molar-refractivity contribution in [1.82, 2.24) is 0 Å². The highest BCUT2D eigenvalue weighted by molar-refractivity contribution is 7.18. The van der Waals surface area contributed by atoms with Crippen molar-refractivity contribution in [1.29, 1.82) is 0 Å². The zero-order valence-electron chi connectivity index (χ0n) is 7.06. The van der Waals surface area contributed by atoms with E-state index in [2.05, 4.69) is 0 Å². The Morgan fingerprint density at radius 1 is 1.43 bits per heavy atom. The molecule has 0 spiro atoms. The Kier molecular flexibility index (Phi) is 1.78. The van der Waals surface area contributed by atoms with Gasteiger partial charge in [-0.25, -0.2) is 0 Å². The first kappa shape index (κ1) is 8.76. The second-order valence-electron chi connectivity index (χ2n) is 2.82. The van der Waals surface area contributed by atoms with E-state index in [-0.39, 0.29) is 11.4 Å². The third-order valence-electron chi connectivity index (χ3n) is 1.98. The molecule has 0 aliphatic heterocycles. The number of hydrogen-bond acceptors (Lipinski definition) is 5. The standard InChI is InChI=1S/C8H7N3O2S/c9-5-3-6(11(12)13)7(10)4-1-2-14-8(4)5/h1-3H,9-10H2. The van der Waals surface area contributed by atoms with Crippen molar-refractivity contribution in [2.45, 2.75) is 0 Å². The second kappa shape index (κ2) is 2.85. The average Bonchev–Trinajstić information content (AvgIpc) is 2.59. The van der Waals surface area contributed by atoms with Crippen LogP contribution < -0.4 is 11.5 Å². The van der Waals surface area contributed by atoms with Gasteiger partial charge in [0.05, 0.1) is 15.3 Å². The molecule has 0 fully saturated rings. The number of anilines is 2. The fraction of sp³-hybridized carbons (Fsp3) is 0. The van der Waals surface area contributed by atoms with Gasteiger partial charge in [0.15, 0.2) is 0 Å². The number of thiophene rings is 1. The minimum absolute atomic E-state index is 0.131. The molecule has 1 aromatic heterocycles. The zero-order chi connectivity index (χ0) is 10.3. The Balaban J connectivity index is 2.88. The molecule has 2 aromatic rings. The third kappa shape index (κ3) is 1.08. The number of nitrogen functional groups attached to an aromatic ring is 2. The summed E-state index contributed by atoms with van der Waals surface area (Å²) in [7, 11) is 0. The van der Waals surface area contributed by atoms with Gasteiger partial charge < -0.3 is 11.5 Å². The van der Waals surface area contributed by atoms with Gasteiger partial charge in [0.2, 0.25) is 0 Å². The van der Waals surface area contributed by atoms with Gasteiger partial charge >= 0.3 is 0 Å². The molecule has 1 heterocycles. The lowest BCUT2D eigenvalue weighted by Gasteiger charge is -2.01. The molecule has 0 aliphatic carbocycles. The zero-order valence-corrected chi connectivity index (χ0v) is 7.88. The fourth-order valence-corrected chi connectivity index (χ4v) is 2.16. The fourth-order valence-electron chi connectivity index (χ4n) is 1.32. The van der Waals surface area contributed by atoms with E-state index in [1.165, 1.54) is 17.4 Å². The number of benzene rings is 1. The van der Waals surface area contributed by atoms with E-state index in [1.807, 2.05) is 0 Å². The Morgan fingerprint density at radius 3 is 2.79 bits per heavy atom. The van der Waals surface area contributed by atoms with Gasteiger partial charge in [0.25, 0.3) is 5.69 Å². The highest BCUT2D eigenvalue weighted by atomic mass is 32.1. The number of nitro benzene ring substituents is 1. The summed E-state index contributed by atoms with van der Waals surface area (Å²) in [5.74, 6) is 0. The first-order valence-corrected chi connectivity index (χ1v) is 4.68. The van der Waals surface area contributed by atoms with Crippen molar-refractivity contribution in [2.75, 3.05) is 11.5 Å². The molecule has 0 bridgehead atoms. The Bertz CT molecular complexity index is 521. The molecule has 2 rings (SSSR count). The highest BCUT2D eigenvalue weighted by Gasteiger charge is 2.17. The van der Waals surface area contributed by atoms with Crippen LogP contribution in [0.1, 0.15) is 0 Å². The van der Waals surface area contributed by atoms with Gasteiger partial charge in [0, 0.05) is 11.5 Å². The van der Waals surface area contributed by atoms with E-state index in [0.717, 1.165) is 4.70 Å². The van der Waals surface area contributed by atoms with E-state index in [1.54, 1.807) is 11.4 Å². The molecule has 1 aromatic carbocycles. The molecule has 0 aliphatic rings. The molecule has 0 unspecified atom stereocenters. The van der Waals surface area contributed by atoms with Gasteiger partial charge in [-0.1, -0.05) is 0 Å². The first-order chi connectivity index (χ1) is 6.61. The summed E-state index contributed by atoms with van der Waals surface area (Å²) in [6.45, 7) is 0. The van der Waals surface area contributed by atoms with Crippen molar-refractivity contribution in [3.05, 3.63) is 27.6 Å². The molecule has 5 nitrogen and oxygen atoms in total. The van der Waals surface area contributed by atoms with Crippen LogP contribution in [0.15, 0.2) is 17.5 Å². The van der Waals surface area contributed by atoms with Gasteiger partial charge in [-0.2, -0.15) is 0 Å². The Hall–Kier alpha value is -1.82. The molecule has 6 heteroatoms. The third-order valence-corrected chi connectivity index (χ3v) is 2.95. The summed E-state index contributed by atoms with van der Waals surface area (Å²) in [6, 6.07) is 3.03. The monoisotopic (exact) mass is 209 g/mol. The van der Waals surface area contributed by atoms with E-state index in [4.69, 9.17) is 11.5 Å². The lowest BCUT2D eigenvalue weighted by molar-refractivity contribution is -0.383. The quantitative estimate of drug-likeness (QED) is 0.426. The largest absolute Gasteiger partial charge is 0.397 e. The normalized spacial score (nSPS) is 10.6. The van der Waals surface area contributed by atoms with Crippen LogP contribution in [-0.4, -0.2) is 4.92 Å². The molecular formula is C8H7N3O2S. The smallest absolute Gasteiger partial charge is 0.294 e. The number of hydrogen-bond donors (Lipinski definition) is 2. The van der Waals surface area contributed by atoms with Crippen LogP contribution in [0.4, 0.5) is 17.1 Å². The molecule has 14 heavy (non-hydrogen) atoms. The number of fused-ring (bicyclic) bond motifs is 1. The number of nitro groups is 1. The Labute approximate surface area is 83.1 Å². The van der Waals surface area contributed by atoms with Crippen molar-refractivity contribution in [2.24, 2.45) is 0 Å². The number of rotatable bonds is 1. The van der Waals surface area contributed by atoms with Gasteiger partial charge in [-0.15, -0.1) is 11.3 Å². The van der Waals surface area contributed by atoms with E-state index >= 15 is 0 Å². The van der Waals surface area contributed by atoms with Crippen LogP contribution in [-0.2, 0) is 0 Å². The maximum absolute atomic E-state index is 10.6. The molecule has 72 valence electrons. The van der Waals surface area contributed by atoms with Crippen molar-refractivity contribution >= 4 is 38.5 Å². The van der Waals surface area contributed by atoms with Crippen molar-refractivity contribution in [3.8, 4) is 0 Å². The lowest BCUT2D eigenvalue weighted by Crippen LogP contribution is -1.97. The van der Waals surface area contributed by atoms with E-state index in [0.29, 0.717) is 11.1 Å². The summed E-state index contributed by atoms with van der Waals surface area (Å²) >= 11 is 1.42. The molecule has 0 saturated carbocycles. The van der Waals surface area contributed by atoms with Gasteiger partial charge in [-0.3, -0.25) is 10.1 Å². The summed E-state index contributed by atoms with van der Waals surface area (Å²) in [6.07, 6.45) is 0. The number of nitrogens with two attached hydrogens (primary N) is 2. The van der Waals surface area contributed by atoms with Crippen molar-refractivity contribution < 1.29 is 4.92 Å². The summed E-state index contributed by atoms with van der Waals surface area (Å²) in [4.78, 5) is 10.1. The maximum atomic E-state index is 10.6. The Morgan fingerprint density at radius 2 is 2.14 bits per heavy atom. The average molecular weight is 209 g/mol. The highest BCUT2D eigenvalue weighted by Crippen LogP contribution is 2.37. The molecule has 0 amide bonds. The van der Waals surface area contributed by atoms with Crippen LogP contribution in [0.5, 0.6) is 0 Å². The number of nitrogens with zero attached hydrogens (tertiary/aromatic N) is 1. The van der Waals surface area contributed by atoms with Crippen LogP contribution in [0, 0.1) is 10.1 Å². The van der Waals surface area contributed by atoms with Crippen LogP contribution in [0.25, 0.3) is 10.1 Å². The second-order valence-corrected chi connectivity index (χ2v) is 3.74. The summed E-state index contributed by atoms with van der Waals surface area (Å²) in [5, 5.41) is 13.1. The van der Waals surface area contributed by atoms with Gasteiger partial charge in [0.1, 0.15) is 5.69 Å². The SMILES string of the molecule is Nc1c([N+](=O)[O-])cc(N)c2sccc12. The molecule has 0 atom stereocenters. The predicted octanol–water partition coefficient (Wildman–Crippen LogP) is 1.97. The lowest BCUT2D eigenvalue weighted by atomic mass is 10.2. The molecule has 0 radical (unpaired) electrons. The maximum Gasteiger partial charge on any atom is 0.294 e. The minimum Gasteiger partial charge on any atom is -0.397 e. The molecular weight excluding hydrogens is 202 g/mol. The minimum atomic E-state index is -0.525. The first-order valence-electron chi connectivity index (χ1n) is 3.81. The van der Waals surface area contributed by atoms with E-state index < -0.39 is 4.92 Å². The van der Waals surface area contributed by atoms with E-state index in [9.17, 15) is 10.1 Å². The summed E-state index contributed by atoms with van der Waals surface area (Å²) in [5.41, 5.74) is 11.8. The molecule has 4 N–H and O–H groups in total. The summed E-state index contributed by atoms with van der Waals surface area (Å²) < 4.78 is 0.799. The van der Waals surface area contributed by atoms with Gasteiger partial charge in [-0.05, 0) is 11.4 Å².